The largest absolute Gasteiger partial charge is 0.497 e. The highest BCUT2D eigenvalue weighted by atomic mass is 32.2. The van der Waals surface area contributed by atoms with Gasteiger partial charge in [-0.05, 0) is 50.5 Å². The van der Waals surface area contributed by atoms with Crippen LogP contribution in [-0.4, -0.2) is 41.7 Å². The SMILES string of the molecule is CCC(C(=O)NC(C)C)N(Cc1cccc(C)c1)C(=O)CSCc1ccc(OC)cc1. The Bertz CT molecular complexity index is 852. The van der Waals surface area contributed by atoms with E-state index in [1.807, 2.05) is 70.2 Å². The Kier molecular flexibility index (Phi) is 9.92. The molecule has 0 saturated carbocycles. The summed E-state index contributed by atoms with van der Waals surface area (Å²) in [6.45, 7) is 8.27. The minimum Gasteiger partial charge on any atom is -0.497 e. The van der Waals surface area contributed by atoms with Gasteiger partial charge in [-0.1, -0.05) is 48.9 Å². The van der Waals surface area contributed by atoms with Gasteiger partial charge in [0.2, 0.25) is 11.8 Å². The van der Waals surface area contributed by atoms with Gasteiger partial charge in [0.25, 0.3) is 0 Å². The highest BCUT2D eigenvalue weighted by Crippen LogP contribution is 2.19. The predicted octanol–water partition coefficient (Wildman–Crippen LogP) is 4.57. The molecule has 1 atom stereocenters. The number of amides is 2. The quantitative estimate of drug-likeness (QED) is 0.554. The normalized spacial score (nSPS) is 11.8. The van der Waals surface area contributed by atoms with Crippen molar-refractivity contribution in [1.82, 2.24) is 10.2 Å². The Morgan fingerprint density at radius 2 is 1.81 bits per heavy atom. The highest BCUT2D eigenvalue weighted by Gasteiger charge is 2.28. The van der Waals surface area contributed by atoms with E-state index in [0.717, 1.165) is 28.2 Å². The Hall–Kier alpha value is -2.47. The maximum Gasteiger partial charge on any atom is 0.243 e. The Labute approximate surface area is 190 Å². The molecule has 2 aromatic rings. The zero-order valence-electron chi connectivity index (χ0n) is 19.2. The fourth-order valence-electron chi connectivity index (χ4n) is 3.37. The van der Waals surface area contributed by atoms with Crippen LogP contribution < -0.4 is 10.1 Å². The summed E-state index contributed by atoms with van der Waals surface area (Å²) in [6.07, 6.45) is 0.569. The molecular weight excluding hydrogens is 408 g/mol. The van der Waals surface area contributed by atoms with Crippen molar-refractivity contribution < 1.29 is 14.3 Å². The summed E-state index contributed by atoms with van der Waals surface area (Å²) in [5.74, 6) is 1.74. The van der Waals surface area contributed by atoms with Gasteiger partial charge in [0.05, 0.1) is 12.9 Å². The molecule has 0 radical (unpaired) electrons. The van der Waals surface area contributed by atoms with Gasteiger partial charge >= 0.3 is 0 Å². The van der Waals surface area contributed by atoms with E-state index in [4.69, 9.17) is 4.74 Å². The van der Waals surface area contributed by atoms with E-state index in [1.165, 1.54) is 0 Å². The van der Waals surface area contributed by atoms with E-state index < -0.39 is 6.04 Å². The zero-order valence-corrected chi connectivity index (χ0v) is 20.0. The summed E-state index contributed by atoms with van der Waals surface area (Å²) in [7, 11) is 1.64. The Morgan fingerprint density at radius 3 is 2.39 bits per heavy atom. The van der Waals surface area contributed by atoms with Crippen LogP contribution in [0.15, 0.2) is 48.5 Å². The maximum absolute atomic E-state index is 13.2. The van der Waals surface area contributed by atoms with Crippen molar-refractivity contribution in [3.05, 3.63) is 65.2 Å². The Morgan fingerprint density at radius 1 is 1.10 bits per heavy atom. The predicted molar refractivity (Wildman–Crippen MR) is 128 cm³/mol. The molecule has 0 heterocycles. The molecule has 168 valence electrons. The van der Waals surface area contributed by atoms with Gasteiger partial charge in [0.1, 0.15) is 11.8 Å². The molecule has 0 spiro atoms. The van der Waals surface area contributed by atoms with Crippen molar-refractivity contribution in [3.8, 4) is 5.75 Å². The lowest BCUT2D eigenvalue weighted by atomic mass is 10.1. The van der Waals surface area contributed by atoms with Gasteiger partial charge in [0.15, 0.2) is 0 Å². The molecule has 0 aliphatic rings. The number of benzene rings is 2. The summed E-state index contributed by atoms with van der Waals surface area (Å²) in [5, 5.41) is 2.97. The van der Waals surface area contributed by atoms with Crippen LogP contribution in [0, 0.1) is 6.92 Å². The summed E-state index contributed by atoms with van der Waals surface area (Å²) in [5.41, 5.74) is 3.30. The first-order valence-electron chi connectivity index (χ1n) is 10.7. The van der Waals surface area contributed by atoms with E-state index in [2.05, 4.69) is 11.4 Å². The van der Waals surface area contributed by atoms with Crippen molar-refractivity contribution in [2.45, 2.75) is 58.5 Å². The molecule has 5 nitrogen and oxygen atoms in total. The lowest BCUT2D eigenvalue weighted by Gasteiger charge is -2.31. The number of hydrogen-bond donors (Lipinski definition) is 1. The van der Waals surface area contributed by atoms with Crippen LogP contribution in [-0.2, 0) is 21.9 Å². The van der Waals surface area contributed by atoms with E-state index in [0.29, 0.717) is 18.7 Å². The van der Waals surface area contributed by atoms with Crippen LogP contribution in [0.1, 0.15) is 43.9 Å². The van der Waals surface area contributed by atoms with E-state index in [-0.39, 0.29) is 17.9 Å². The number of hydrogen-bond acceptors (Lipinski definition) is 4. The molecule has 0 aromatic heterocycles. The average molecular weight is 443 g/mol. The van der Waals surface area contributed by atoms with Crippen LogP contribution in [0.4, 0.5) is 0 Å². The minimum absolute atomic E-state index is 0.0224. The first-order chi connectivity index (χ1) is 14.8. The highest BCUT2D eigenvalue weighted by molar-refractivity contribution is 7.99. The molecule has 0 aliphatic heterocycles. The summed E-state index contributed by atoms with van der Waals surface area (Å²) < 4.78 is 5.19. The molecule has 6 heteroatoms. The first kappa shape index (κ1) is 24.8. The van der Waals surface area contributed by atoms with Crippen molar-refractivity contribution in [3.63, 3.8) is 0 Å². The van der Waals surface area contributed by atoms with Gasteiger partial charge in [-0.3, -0.25) is 9.59 Å². The Balaban J connectivity index is 2.10. The van der Waals surface area contributed by atoms with Gasteiger partial charge in [0, 0.05) is 18.3 Å². The first-order valence-corrected chi connectivity index (χ1v) is 11.9. The number of thioether (sulfide) groups is 1. The van der Waals surface area contributed by atoms with Gasteiger partial charge in [-0.25, -0.2) is 0 Å². The second-order valence-corrected chi connectivity index (χ2v) is 8.92. The van der Waals surface area contributed by atoms with Crippen molar-refractivity contribution >= 4 is 23.6 Å². The lowest BCUT2D eigenvalue weighted by Crippen LogP contribution is -2.50. The number of ether oxygens (including phenoxy) is 1. The number of aryl methyl sites for hydroxylation is 1. The second kappa shape index (κ2) is 12.4. The number of carbonyl (C=O) groups excluding carboxylic acids is 2. The van der Waals surface area contributed by atoms with Crippen LogP contribution in [0.5, 0.6) is 5.75 Å². The fraction of sp³-hybridized carbons (Fsp3) is 0.440. The number of nitrogens with zero attached hydrogens (tertiary/aromatic N) is 1. The van der Waals surface area contributed by atoms with Gasteiger partial charge in [-0.15, -0.1) is 11.8 Å². The summed E-state index contributed by atoms with van der Waals surface area (Å²) in [6, 6.07) is 15.5. The average Bonchev–Trinajstić information content (AvgIpc) is 2.73. The van der Waals surface area contributed by atoms with E-state index >= 15 is 0 Å². The maximum atomic E-state index is 13.2. The molecule has 1 unspecified atom stereocenters. The molecular formula is C25H34N2O3S. The van der Waals surface area contributed by atoms with Crippen molar-refractivity contribution in [2.24, 2.45) is 0 Å². The van der Waals surface area contributed by atoms with Crippen LogP contribution >= 0.6 is 11.8 Å². The molecule has 0 fully saturated rings. The smallest absolute Gasteiger partial charge is 0.243 e. The van der Waals surface area contributed by atoms with E-state index in [9.17, 15) is 9.59 Å². The summed E-state index contributed by atoms with van der Waals surface area (Å²) >= 11 is 1.56. The number of methoxy groups -OCH3 is 1. The fourth-order valence-corrected chi connectivity index (χ4v) is 4.24. The molecule has 2 amide bonds. The number of rotatable bonds is 11. The second-order valence-electron chi connectivity index (χ2n) is 7.94. The molecule has 0 aliphatic carbocycles. The van der Waals surface area contributed by atoms with E-state index in [1.54, 1.807) is 23.8 Å². The molecule has 2 aromatic carbocycles. The van der Waals surface area contributed by atoms with Crippen molar-refractivity contribution in [1.29, 1.82) is 0 Å². The minimum atomic E-state index is -0.489. The summed E-state index contributed by atoms with van der Waals surface area (Å²) in [4.78, 5) is 27.8. The third-order valence-corrected chi connectivity index (χ3v) is 5.89. The van der Waals surface area contributed by atoms with Gasteiger partial charge in [-0.2, -0.15) is 0 Å². The molecule has 31 heavy (non-hydrogen) atoms. The topological polar surface area (TPSA) is 58.6 Å². The van der Waals surface area contributed by atoms with Crippen LogP contribution in [0.25, 0.3) is 0 Å². The molecule has 0 saturated heterocycles. The third-order valence-electron chi connectivity index (χ3n) is 4.91. The lowest BCUT2D eigenvalue weighted by molar-refractivity contribution is -0.139. The van der Waals surface area contributed by atoms with Gasteiger partial charge < -0.3 is 15.0 Å². The number of nitrogens with one attached hydrogen (secondary N) is 1. The van der Waals surface area contributed by atoms with Crippen LogP contribution in [0.3, 0.4) is 0 Å². The standard InChI is InChI=1S/C25H34N2O3S/c1-6-23(25(29)26-18(2)3)27(15-21-9-7-8-19(4)14-21)24(28)17-31-16-20-10-12-22(30-5)13-11-20/h7-14,18,23H,6,15-17H2,1-5H3,(H,26,29). The molecule has 2 rings (SSSR count). The molecule has 1 N–H and O–H groups in total. The number of carbonyl (C=O) groups is 2. The monoisotopic (exact) mass is 442 g/mol. The van der Waals surface area contributed by atoms with Crippen molar-refractivity contribution in [2.75, 3.05) is 12.9 Å². The van der Waals surface area contributed by atoms with Crippen LogP contribution in [0.2, 0.25) is 0 Å². The molecule has 0 bridgehead atoms. The third kappa shape index (κ3) is 7.94. The zero-order chi connectivity index (χ0) is 22.8.